The minimum atomic E-state index is -0.400. The van der Waals surface area contributed by atoms with E-state index in [-0.39, 0.29) is 23.6 Å². The standard InChI is InChI=1S/C19H25N3O3/c1-14(2)17(24)21-8-9-22(18(25)15-6-4-3-5-7-15)13-19(12-21)10-16(23)20-11-19/h3-7,14H,8-13H2,1-2H3,(H,20,23). The van der Waals surface area contributed by atoms with Crippen LogP contribution in [0, 0.1) is 11.3 Å². The maximum absolute atomic E-state index is 12.9. The lowest BCUT2D eigenvalue weighted by Crippen LogP contribution is -2.45. The Kier molecular flexibility index (Phi) is 4.79. The lowest BCUT2D eigenvalue weighted by Gasteiger charge is -2.33. The van der Waals surface area contributed by atoms with Gasteiger partial charge in [0.25, 0.3) is 5.91 Å². The third-order valence-electron chi connectivity index (χ3n) is 5.00. The molecule has 1 aromatic carbocycles. The van der Waals surface area contributed by atoms with E-state index in [1.165, 1.54) is 0 Å². The van der Waals surface area contributed by atoms with Crippen molar-refractivity contribution in [1.29, 1.82) is 0 Å². The van der Waals surface area contributed by atoms with Gasteiger partial charge in [0.15, 0.2) is 0 Å². The van der Waals surface area contributed by atoms with E-state index in [0.29, 0.717) is 44.7 Å². The Bertz CT molecular complexity index is 674. The monoisotopic (exact) mass is 343 g/mol. The summed E-state index contributed by atoms with van der Waals surface area (Å²) in [4.78, 5) is 40.9. The minimum Gasteiger partial charge on any atom is -0.355 e. The zero-order valence-corrected chi connectivity index (χ0v) is 14.8. The van der Waals surface area contributed by atoms with Crippen LogP contribution in [0.3, 0.4) is 0 Å². The molecule has 0 bridgehead atoms. The fourth-order valence-corrected chi connectivity index (χ4v) is 3.72. The molecular formula is C19H25N3O3. The highest BCUT2D eigenvalue weighted by Crippen LogP contribution is 2.31. The van der Waals surface area contributed by atoms with Crippen LogP contribution in [0.1, 0.15) is 30.6 Å². The molecule has 0 saturated carbocycles. The number of benzene rings is 1. The van der Waals surface area contributed by atoms with Gasteiger partial charge < -0.3 is 15.1 Å². The second kappa shape index (κ2) is 6.86. The van der Waals surface area contributed by atoms with E-state index in [9.17, 15) is 14.4 Å². The summed E-state index contributed by atoms with van der Waals surface area (Å²) in [7, 11) is 0. The molecule has 1 atom stereocenters. The molecule has 0 aromatic heterocycles. The quantitative estimate of drug-likeness (QED) is 0.875. The minimum absolute atomic E-state index is 0.00837. The Morgan fingerprint density at radius 3 is 2.32 bits per heavy atom. The van der Waals surface area contributed by atoms with Crippen LogP contribution < -0.4 is 5.32 Å². The van der Waals surface area contributed by atoms with E-state index in [1.807, 2.05) is 36.9 Å². The van der Waals surface area contributed by atoms with Gasteiger partial charge in [-0.25, -0.2) is 0 Å². The molecule has 0 radical (unpaired) electrons. The second-order valence-electron chi connectivity index (χ2n) is 7.46. The molecule has 6 heteroatoms. The Morgan fingerprint density at radius 2 is 1.72 bits per heavy atom. The average molecular weight is 343 g/mol. The first-order chi connectivity index (χ1) is 11.9. The molecule has 1 N–H and O–H groups in total. The number of hydrogen-bond acceptors (Lipinski definition) is 3. The SMILES string of the molecule is CC(C)C(=O)N1CCN(C(=O)c2ccccc2)CC2(CNC(=O)C2)C1. The van der Waals surface area contributed by atoms with Crippen LogP contribution in [-0.2, 0) is 9.59 Å². The molecule has 2 fully saturated rings. The van der Waals surface area contributed by atoms with Crippen molar-refractivity contribution in [2.24, 2.45) is 11.3 Å². The van der Waals surface area contributed by atoms with Crippen LogP contribution in [-0.4, -0.2) is 60.2 Å². The van der Waals surface area contributed by atoms with Crippen molar-refractivity contribution in [2.45, 2.75) is 20.3 Å². The maximum atomic E-state index is 12.9. The van der Waals surface area contributed by atoms with Crippen LogP contribution in [0.25, 0.3) is 0 Å². The first-order valence-electron chi connectivity index (χ1n) is 8.80. The smallest absolute Gasteiger partial charge is 0.253 e. The number of nitrogens with zero attached hydrogens (tertiary/aromatic N) is 2. The van der Waals surface area contributed by atoms with Gasteiger partial charge in [-0.15, -0.1) is 0 Å². The summed E-state index contributed by atoms with van der Waals surface area (Å²) in [5.41, 5.74) is 0.237. The van der Waals surface area contributed by atoms with Gasteiger partial charge in [0, 0.05) is 56.0 Å². The van der Waals surface area contributed by atoms with E-state index in [2.05, 4.69) is 5.32 Å². The van der Waals surface area contributed by atoms with Crippen LogP contribution >= 0.6 is 0 Å². The van der Waals surface area contributed by atoms with Crippen molar-refractivity contribution in [2.75, 3.05) is 32.7 Å². The summed E-state index contributed by atoms with van der Waals surface area (Å²) in [5, 5.41) is 2.88. The van der Waals surface area contributed by atoms with E-state index >= 15 is 0 Å². The third-order valence-corrected chi connectivity index (χ3v) is 5.00. The first-order valence-corrected chi connectivity index (χ1v) is 8.80. The fraction of sp³-hybridized carbons (Fsp3) is 0.526. The Hall–Kier alpha value is -2.37. The van der Waals surface area contributed by atoms with Gasteiger partial charge in [-0.2, -0.15) is 0 Å². The number of rotatable bonds is 2. The third kappa shape index (κ3) is 3.67. The lowest BCUT2D eigenvalue weighted by atomic mass is 9.85. The van der Waals surface area contributed by atoms with Crippen LogP contribution in [0.4, 0.5) is 0 Å². The molecule has 6 nitrogen and oxygen atoms in total. The second-order valence-corrected chi connectivity index (χ2v) is 7.46. The summed E-state index contributed by atoms with van der Waals surface area (Å²) in [6.07, 6.45) is 0.355. The van der Waals surface area contributed by atoms with Gasteiger partial charge in [-0.1, -0.05) is 32.0 Å². The molecule has 1 spiro atoms. The Balaban J connectivity index is 1.86. The number of amides is 3. The molecular weight excluding hydrogens is 318 g/mol. The highest BCUT2D eigenvalue weighted by atomic mass is 16.2. The molecule has 1 unspecified atom stereocenters. The molecule has 2 aliphatic heterocycles. The number of nitrogens with one attached hydrogen (secondary N) is 1. The predicted molar refractivity (Wildman–Crippen MR) is 93.8 cm³/mol. The van der Waals surface area contributed by atoms with E-state index < -0.39 is 5.41 Å². The van der Waals surface area contributed by atoms with Crippen molar-refractivity contribution in [3.63, 3.8) is 0 Å². The summed E-state index contributed by atoms with van der Waals surface area (Å²) in [6.45, 7) is 6.26. The van der Waals surface area contributed by atoms with Gasteiger partial charge >= 0.3 is 0 Å². The Morgan fingerprint density at radius 1 is 1.08 bits per heavy atom. The summed E-state index contributed by atoms with van der Waals surface area (Å²) >= 11 is 0. The number of carbonyl (C=O) groups excluding carboxylic acids is 3. The van der Waals surface area contributed by atoms with E-state index in [0.717, 1.165) is 0 Å². The zero-order valence-electron chi connectivity index (χ0n) is 14.8. The summed E-state index contributed by atoms with van der Waals surface area (Å²) in [5.74, 6) is -0.0738. The summed E-state index contributed by atoms with van der Waals surface area (Å²) < 4.78 is 0. The molecule has 2 heterocycles. The normalized spacial score (nSPS) is 23.7. The molecule has 25 heavy (non-hydrogen) atoms. The van der Waals surface area contributed by atoms with Gasteiger partial charge in [0.1, 0.15) is 0 Å². The highest BCUT2D eigenvalue weighted by molar-refractivity contribution is 5.94. The fourth-order valence-electron chi connectivity index (χ4n) is 3.72. The van der Waals surface area contributed by atoms with Crippen molar-refractivity contribution in [3.05, 3.63) is 35.9 Å². The van der Waals surface area contributed by atoms with Gasteiger partial charge in [-0.05, 0) is 12.1 Å². The molecule has 2 saturated heterocycles. The number of carbonyl (C=O) groups is 3. The molecule has 2 aliphatic rings. The lowest BCUT2D eigenvalue weighted by molar-refractivity contribution is -0.135. The van der Waals surface area contributed by atoms with Gasteiger partial charge in [-0.3, -0.25) is 14.4 Å². The van der Waals surface area contributed by atoms with Crippen molar-refractivity contribution in [1.82, 2.24) is 15.1 Å². The largest absolute Gasteiger partial charge is 0.355 e. The number of hydrogen-bond donors (Lipinski definition) is 1. The molecule has 3 amide bonds. The molecule has 134 valence electrons. The van der Waals surface area contributed by atoms with Crippen molar-refractivity contribution >= 4 is 17.7 Å². The molecule has 1 aromatic rings. The molecule has 3 rings (SSSR count). The maximum Gasteiger partial charge on any atom is 0.253 e. The van der Waals surface area contributed by atoms with Crippen LogP contribution in [0.15, 0.2) is 30.3 Å². The predicted octanol–water partition coefficient (Wildman–Crippen LogP) is 1.13. The topological polar surface area (TPSA) is 69.7 Å². The highest BCUT2D eigenvalue weighted by Gasteiger charge is 2.45. The van der Waals surface area contributed by atoms with Crippen molar-refractivity contribution < 1.29 is 14.4 Å². The van der Waals surface area contributed by atoms with Crippen LogP contribution in [0.2, 0.25) is 0 Å². The van der Waals surface area contributed by atoms with Crippen LogP contribution in [0.5, 0.6) is 0 Å². The first kappa shape index (κ1) is 17.5. The summed E-state index contributed by atoms with van der Waals surface area (Å²) in [6, 6.07) is 9.17. The van der Waals surface area contributed by atoms with Gasteiger partial charge in [0.05, 0.1) is 0 Å². The van der Waals surface area contributed by atoms with E-state index in [1.54, 1.807) is 17.0 Å². The van der Waals surface area contributed by atoms with Gasteiger partial charge in [0.2, 0.25) is 11.8 Å². The Labute approximate surface area is 148 Å². The van der Waals surface area contributed by atoms with Crippen molar-refractivity contribution in [3.8, 4) is 0 Å². The van der Waals surface area contributed by atoms with E-state index in [4.69, 9.17) is 0 Å². The average Bonchev–Trinajstić information content (AvgIpc) is 2.86. The molecule has 0 aliphatic carbocycles. The zero-order chi connectivity index (χ0) is 18.0.